The summed E-state index contributed by atoms with van der Waals surface area (Å²) in [4.78, 5) is 21.2. The molecule has 0 spiro atoms. The van der Waals surface area contributed by atoms with E-state index in [9.17, 15) is 4.79 Å². The number of carbonyl (C=O) groups excluding carboxylic acids is 1. The molecule has 0 bridgehead atoms. The summed E-state index contributed by atoms with van der Waals surface area (Å²) >= 11 is 0. The number of hydrogen-bond donors (Lipinski definition) is 0. The van der Waals surface area contributed by atoms with E-state index in [2.05, 4.69) is 9.97 Å². The molecular weight excluding hydrogens is 324 g/mol. The summed E-state index contributed by atoms with van der Waals surface area (Å²) < 4.78 is 5.43. The number of ether oxygens (including phenoxy) is 1. The minimum atomic E-state index is -0.372. The SMILES string of the molecule is Cc1ccc(C(=O)Oc2ccc(-c3cnc4ccccc4n3)cc2)cc1. The number of aryl methyl sites for hydroxylation is 1. The second-order valence-electron chi connectivity index (χ2n) is 6.02. The molecule has 0 atom stereocenters. The number of benzene rings is 3. The van der Waals surface area contributed by atoms with Gasteiger partial charge < -0.3 is 4.74 Å². The number of nitrogens with zero attached hydrogens (tertiary/aromatic N) is 2. The molecule has 26 heavy (non-hydrogen) atoms. The molecule has 1 heterocycles. The fourth-order valence-electron chi connectivity index (χ4n) is 2.65. The highest BCUT2D eigenvalue weighted by Crippen LogP contribution is 2.22. The predicted octanol–water partition coefficient (Wildman–Crippen LogP) is 4.82. The Morgan fingerprint density at radius 2 is 1.54 bits per heavy atom. The maximum Gasteiger partial charge on any atom is 0.343 e. The van der Waals surface area contributed by atoms with Crippen molar-refractivity contribution in [2.45, 2.75) is 6.92 Å². The summed E-state index contributed by atoms with van der Waals surface area (Å²) in [6.45, 7) is 1.98. The van der Waals surface area contributed by atoms with Crippen LogP contribution in [-0.2, 0) is 0 Å². The number of aromatic nitrogens is 2. The van der Waals surface area contributed by atoms with Crippen molar-refractivity contribution in [2.75, 3.05) is 0 Å². The molecule has 4 aromatic rings. The minimum absolute atomic E-state index is 0.372. The topological polar surface area (TPSA) is 52.1 Å². The predicted molar refractivity (Wildman–Crippen MR) is 101 cm³/mol. The van der Waals surface area contributed by atoms with E-state index in [1.54, 1.807) is 30.5 Å². The van der Waals surface area contributed by atoms with Gasteiger partial charge in [0.25, 0.3) is 0 Å². The van der Waals surface area contributed by atoms with E-state index in [4.69, 9.17) is 4.74 Å². The van der Waals surface area contributed by atoms with E-state index in [0.29, 0.717) is 11.3 Å². The molecule has 1 aromatic heterocycles. The summed E-state index contributed by atoms with van der Waals surface area (Å²) in [6, 6.07) is 22.3. The quantitative estimate of drug-likeness (QED) is 0.396. The third kappa shape index (κ3) is 3.30. The Morgan fingerprint density at radius 1 is 0.846 bits per heavy atom. The van der Waals surface area contributed by atoms with Gasteiger partial charge in [-0.05, 0) is 55.5 Å². The largest absolute Gasteiger partial charge is 0.423 e. The molecule has 0 fully saturated rings. The van der Waals surface area contributed by atoms with Gasteiger partial charge >= 0.3 is 5.97 Å². The molecule has 0 aliphatic rings. The van der Waals surface area contributed by atoms with Crippen LogP contribution in [0.25, 0.3) is 22.3 Å². The normalized spacial score (nSPS) is 10.7. The standard InChI is InChI=1S/C22H16N2O2/c1-15-6-8-17(9-7-15)22(25)26-18-12-10-16(11-13-18)21-14-23-19-4-2-3-5-20(19)24-21/h2-14H,1H3. The Morgan fingerprint density at radius 3 is 2.27 bits per heavy atom. The lowest BCUT2D eigenvalue weighted by atomic mass is 10.1. The average molecular weight is 340 g/mol. The summed E-state index contributed by atoms with van der Waals surface area (Å²) in [5, 5.41) is 0. The molecule has 126 valence electrons. The zero-order chi connectivity index (χ0) is 17.9. The maximum absolute atomic E-state index is 12.2. The molecule has 0 aliphatic carbocycles. The Bertz CT molecular complexity index is 1070. The van der Waals surface area contributed by atoms with Crippen molar-refractivity contribution < 1.29 is 9.53 Å². The highest BCUT2D eigenvalue weighted by atomic mass is 16.5. The van der Waals surface area contributed by atoms with Gasteiger partial charge in [-0.25, -0.2) is 9.78 Å². The van der Waals surface area contributed by atoms with Gasteiger partial charge in [-0.2, -0.15) is 0 Å². The van der Waals surface area contributed by atoms with Gasteiger partial charge in [0.15, 0.2) is 0 Å². The molecule has 0 unspecified atom stereocenters. The van der Waals surface area contributed by atoms with E-state index in [-0.39, 0.29) is 5.97 Å². The fraction of sp³-hybridized carbons (Fsp3) is 0.0455. The average Bonchev–Trinajstić information content (AvgIpc) is 2.68. The van der Waals surface area contributed by atoms with Crippen LogP contribution in [0.3, 0.4) is 0 Å². The molecule has 3 aromatic carbocycles. The number of fused-ring (bicyclic) bond motifs is 1. The second-order valence-corrected chi connectivity index (χ2v) is 6.02. The Kier molecular flexibility index (Phi) is 4.15. The number of esters is 1. The van der Waals surface area contributed by atoms with Gasteiger partial charge in [0.1, 0.15) is 5.75 Å². The summed E-state index contributed by atoms with van der Waals surface area (Å²) in [7, 11) is 0. The van der Waals surface area contributed by atoms with Crippen molar-refractivity contribution in [1.82, 2.24) is 9.97 Å². The number of hydrogen-bond acceptors (Lipinski definition) is 4. The van der Waals surface area contributed by atoms with Crippen LogP contribution >= 0.6 is 0 Å². The van der Waals surface area contributed by atoms with Crippen molar-refractivity contribution >= 4 is 17.0 Å². The van der Waals surface area contributed by atoms with Crippen LogP contribution in [0.15, 0.2) is 79.0 Å². The number of carbonyl (C=O) groups is 1. The van der Waals surface area contributed by atoms with Crippen molar-refractivity contribution in [1.29, 1.82) is 0 Å². The molecule has 4 rings (SSSR count). The fourth-order valence-corrected chi connectivity index (χ4v) is 2.65. The van der Waals surface area contributed by atoms with Gasteiger partial charge in [0.2, 0.25) is 0 Å². The minimum Gasteiger partial charge on any atom is -0.423 e. The van der Waals surface area contributed by atoms with Gasteiger partial charge in [0.05, 0.1) is 28.5 Å². The van der Waals surface area contributed by atoms with Crippen LogP contribution in [-0.4, -0.2) is 15.9 Å². The van der Waals surface area contributed by atoms with Crippen molar-refractivity contribution in [3.8, 4) is 17.0 Å². The van der Waals surface area contributed by atoms with Gasteiger partial charge in [-0.15, -0.1) is 0 Å². The molecule has 0 N–H and O–H groups in total. The zero-order valence-electron chi connectivity index (χ0n) is 14.2. The molecule has 0 saturated carbocycles. The molecule has 0 aliphatic heterocycles. The van der Waals surface area contributed by atoms with E-state index in [1.165, 1.54) is 0 Å². The van der Waals surface area contributed by atoms with Gasteiger partial charge in [-0.3, -0.25) is 4.98 Å². The monoisotopic (exact) mass is 340 g/mol. The number of para-hydroxylation sites is 2. The molecule has 0 radical (unpaired) electrons. The van der Waals surface area contributed by atoms with Crippen LogP contribution in [0.5, 0.6) is 5.75 Å². The first-order valence-corrected chi connectivity index (χ1v) is 8.30. The van der Waals surface area contributed by atoms with Crippen LogP contribution in [0.1, 0.15) is 15.9 Å². The lowest BCUT2D eigenvalue weighted by Gasteiger charge is -2.06. The van der Waals surface area contributed by atoms with Crippen molar-refractivity contribution in [2.24, 2.45) is 0 Å². The Hall–Kier alpha value is -3.53. The first-order chi connectivity index (χ1) is 12.7. The third-order valence-corrected chi connectivity index (χ3v) is 4.10. The van der Waals surface area contributed by atoms with Gasteiger partial charge in [0, 0.05) is 5.56 Å². The van der Waals surface area contributed by atoms with Crippen molar-refractivity contribution in [3.05, 3.63) is 90.1 Å². The highest BCUT2D eigenvalue weighted by molar-refractivity contribution is 5.91. The van der Waals surface area contributed by atoms with Crippen LogP contribution in [0.4, 0.5) is 0 Å². The molecule has 4 nitrogen and oxygen atoms in total. The van der Waals surface area contributed by atoms with E-state index < -0.39 is 0 Å². The first kappa shape index (κ1) is 16.0. The maximum atomic E-state index is 12.2. The second kappa shape index (κ2) is 6.76. The first-order valence-electron chi connectivity index (χ1n) is 8.30. The van der Waals surface area contributed by atoms with E-state index in [0.717, 1.165) is 27.9 Å². The zero-order valence-corrected chi connectivity index (χ0v) is 14.2. The molecule has 0 saturated heterocycles. The molecular formula is C22H16N2O2. The summed E-state index contributed by atoms with van der Waals surface area (Å²) in [5.41, 5.74) is 5.03. The smallest absolute Gasteiger partial charge is 0.343 e. The highest BCUT2D eigenvalue weighted by Gasteiger charge is 2.09. The lowest BCUT2D eigenvalue weighted by Crippen LogP contribution is -2.08. The lowest BCUT2D eigenvalue weighted by molar-refractivity contribution is 0.0735. The van der Waals surface area contributed by atoms with Crippen LogP contribution < -0.4 is 4.74 Å². The third-order valence-electron chi connectivity index (χ3n) is 4.10. The summed E-state index contributed by atoms with van der Waals surface area (Å²) in [6.07, 6.45) is 1.75. The molecule has 4 heteroatoms. The van der Waals surface area contributed by atoms with E-state index in [1.807, 2.05) is 55.5 Å². The molecule has 0 amide bonds. The van der Waals surface area contributed by atoms with Gasteiger partial charge in [-0.1, -0.05) is 29.8 Å². The van der Waals surface area contributed by atoms with E-state index >= 15 is 0 Å². The van der Waals surface area contributed by atoms with Crippen LogP contribution in [0, 0.1) is 6.92 Å². The van der Waals surface area contributed by atoms with Crippen LogP contribution in [0.2, 0.25) is 0 Å². The Balaban J connectivity index is 1.54. The Labute approximate surface area is 151 Å². The van der Waals surface area contributed by atoms with Crippen molar-refractivity contribution in [3.63, 3.8) is 0 Å². The summed E-state index contributed by atoms with van der Waals surface area (Å²) in [5.74, 6) is 0.122. The number of rotatable bonds is 3.